The highest BCUT2D eigenvalue weighted by molar-refractivity contribution is 7.89. The van der Waals surface area contributed by atoms with Crippen molar-refractivity contribution in [1.29, 1.82) is 0 Å². The second-order valence-electron chi connectivity index (χ2n) is 5.82. The molecule has 140 valence electrons. The summed E-state index contributed by atoms with van der Waals surface area (Å²) in [5.41, 5.74) is 2.14. The Bertz CT molecular complexity index is 803. The Balaban J connectivity index is 1.84. The molecule has 0 aliphatic rings. The van der Waals surface area contributed by atoms with E-state index in [4.69, 9.17) is 0 Å². The van der Waals surface area contributed by atoms with Gasteiger partial charge in [-0.3, -0.25) is 0 Å². The minimum Gasteiger partial charge on any atom is -0.357 e. The van der Waals surface area contributed by atoms with E-state index in [0.29, 0.717) is 19.0 Å². The second-order valence-corrected chi connectivity index (χ2v) is 7.59. The third-order valence-corrected chi connectivity index (χ3v) is 5.12. The van der Waals surface area contributed by atoms with Crippen molar-refractivity contribution in [3.05, 3.63) is 65.7 Å². The summed E-state index contributed by atoms with van der Waals surface area (Å²) in [7, 11) is -3.49. The Morgan fingerprint density at radius 3 is 2.31 bits per heavy atom. The minimum absolute atomic E-state index is 0.270. The van der Waals surface area contributed by atoms with E-state index in [9.17, 15) is 8.42 Å². The van der Waals surface area contributed by atoms with Gasteiger partial charge in [0.1, 0.15) is 0 Å². The number of nitrogens with zero attached hydrogens (tertiary/aromatic N) is 1. The Labute approximate surface area is 155 Å². The smallest absolute Gasteiger partial charge is 0.240 e. The molecule has 0 fully saturated rings. The van der Waals surface area contributed by atoms with Gasteiger partial charge < -0.3 is 10.6 Å². The number of hydrogen-bond donors (Lipinski definition) is 3. The summed E-state index contributed by atoms with van der Waals surface area (Å²) in [5.74, 6) is 0.658. The van der Waals surface area contributed by atoms with Crippen LogP contribution in [0.25, 0.3) is 0 Å². The van der Waals surface area contributed by atoms with Gasteiger partial charge in [-0.25, -0.2) is 18.1 Å². The summed E-state index contributed by atoms with van der Waals surface area (Å²) in [6.07, 6.45) is 0. The van der Waals surface area contributed by atoms with Crippen LogP contribution < -0.4 is 15.4 Å². The van der Waals surface area contributed by atoms with Crippen LogP contribution in [0.3, 0.4) is 0 Å². The molecule has 26 heavy (non-hydrogen) atoms. The largest absolute Gasteiger partial charge is 0.357 e. The molecule has 0 aliphatic heterocycles. The van der Waals surface area contributed by atoms with Crippen LogP contribution in [-0.4, -0.2) is 34.0 Å². The number of sulfonamides is 1. The molecule has 3 N–H and O–H groups in total. The van der Waals surface area contributed by atoms with Crippen LogP contribution in [0.2, 0.25) is 0 Å². The van der Waals surface area contributed by atoms with Crippen molar-refractivity contribution < 1.29 is 8.42 Å². The highest BCUT2D eigenvalue weighted by Gasteiger charge is 2.12. The third kappa shape index (κ3) is 6.50. The lowest BCUT2D eigenvalue weighted by molar-refractivity contribution is 0.580. The molecule has 0 atom stereocenters. The topological polar surface area (TPSA) is 82.6 Å². The Kier molecular flexibility index (Phi) is 7.62. The molecule has 0 radical (unpaired) electrons. The predicted octanol–water partition coefficient (Wildman–Crippen LogP) is 2.03. The zero-order valence-corrected chi connectivity index (χ0v) is 16.0. The van der Waals surface area contributed by atoms with Crippen LogP contribution in [0.15, 0.2) is 64.5 Å². The average Bonchev–Trinajstić information content (AvgIpc) is 2.64. The van der Waals surface area contributed by atoms with Crippen LogP contribution in [0, 0.1) is 6.92 Å². The van der Waals surface area contributed by atoms with E-state index in [2.05, 4.69) is 20.3 Å². The summed E-state index contributed by atoms with van der Waals surface area (Å²) >= 11 is 0. The molecular weight excluding hydrogens is 348 g/mol. The molecule has 0 aromatic heterocycles. The Morgan fingerprint density at radius 1 is 0.962 bits per heavy atom. The molecule has 2 aromatic rings. The molecule has 0 saturated carbocycles. The molecule has 0 spiro atoms. The van der Waals surface area contributed by atoms with Crippen LogP contribution in [-0.2, 0) is 16.6 Å². The maximum atomic E-state index is 12.2. The molecule has 0 amide bonds. The van der Waals surface area contributed by atoms with E-state index in [0.717, 1.165) is 17.7 Å². The second kappa shape index (κ2) is 9.94. The first kappa shape index (κ1) is 19.9. The standard InChI is InChI=1S/C19H26N4O2S/c1-3-20-19(22-15-17-7-5-4-6-8-17)21-13-14-23-26(24,25)18-11-9-16(2)10-12-18/h4-12,23H,3,13-15H2,1-2H3,(H2,20,21,22). The van der Waals surface area contributed by atoms with Crippen molar-refractivity contribution in [2.75, 3.05) is 19.6 Å². The lowest BCUT2D eigenvalue weighted by Crippen LogP contribution is -2.41. The fraction of sp³-hybridized carbons (Fsp3) is 0.316. The first-order valence-electron chi connectivity index (χ1n) is 8.63. The lowest BCUT2D eigenvalue weighted by Gasteiger charge is -2.12. The van der Waals surface area contributed by atoms with Crippen LogP contribution in [0.4, 0.5) is 0 Å². The highest BCUT2D eigenvalue weighted by atomic mass is 32.2. The Hall–Kier alpha value is -2.38. The molecule has 0 unspecified atom stereocenters. The fourth-order valence-electron chi connectivity index (χ4n) is 2.26. The zero-order chi connectivity index (χ0) is 18.8. The van der Waals surface area contributed by atoms with E-state index in [1.165, 1.54) is 0 Å². The monoisotopic (exact) mass is 374 g/mol. The van der Waals surface area contributed by atoms with Gasteiger partial charge in [0.05, 0.1) is 11.4 Å². The summed E-state index contributed by atoms with van der Waals surface area (Å²) < 4.78 is 27.1. The number of benzene rings is 2. The van der Waals surface area contributed by atoms with E-state index in [1.807, 2.05) is 44.2 Å². The summed E-state index contributed by atoms with van der Waals surface area (Å²) in [6, 6.07) is 16.7. The number of guanidine groups is 1. The molecule has 0 bridgehead atoms. The maximum Gasteiger partial charge on any atom is 0.240 e. The van der Waals surface area contributed by atoms with E-state index in [-0.39, 0.29) is 11.4 Å². The molecule has 0 saturated heterocycles. The number of aryl methyl sites for hydroxylation is 1. The fourth-order valence-corrected chi connectivity index (χ4v) is 3.29. The van der Waals surface area contributed by atoms with Crippen LogP contribution >= 0.6 is 0 Å². The molecule has 2 rings (SSSR count). The SMILES string of the molecule is CCNC(=NCc1ccccc1)NCCNS(=O)(=O)c1ccc(C)cc1. The number of rotatable bonds is 8. The molecule has 6 nitrogen and oxygen atoms in total. The van der Waals surface area contributed by atoms with Crippen LogP contribution in [0.5, 0.6) is 0 Å². The summed E-state index contributed by atoms with van der Waals surface area (Å²) in [5, 5.41) is 6.29. The van der Waals surface area contributed by atoms with Crippen molar-refractivity contribution >= 4 is 16.0 Å². The van der Waals surface area contributed by atoms with E-state index in [1.54, 1.807) is 24.3 Å². The maximum absolute atomic E-state index is 12.2. The van der Waals surface area contributed by atoms with Crippen molar-refractivity contribution in [3.63, 3.8) is 0 Å². The molecule has 0 aliphatic carbocycles. The van der Waals surface area contributed by atoms with Gasteiger partial charge in [0.2, 0.25) is 10.0 Å². The Morgan fingerprint density at radius 2 is 1.65 bits per heavy atom. The van der Waals surface area contributed by atoms with Crippen molar-refractivity contribution in [2.24, 2.45) is 4.99 Å². The summed E-state index contributed by atoms with van der Waals surface area (Å²) in [6.45, 7) is 5.91. The first-order valence-corrected chi connectivity index (χ1v) is 10.1. The third-order valence-electron chi connectivity index (χ3n) is 3.65. The van der Waals surface area contributed by atoms with Crippen molar-refractivity contribution in [3.8, 4) is 0 Å². The van der Waals surface area contributed by atoms with E-state index >= 15 is 0 Å². The number of aliphatic imine (C=N–C) groups is 1. The summed E-state index contributed by atoms with van der Waals surface area (Å²) in [4.78, 5) is 4.77. The number of hydrogen-bond acceptors (Lipinski definition) is 3. The minimum atomic E-state index is -3.49. The van der Waals surface area contributed by atoms with Crippen molar-refractivity contribution in [1.82, 2.24) is 15.4 Å². The van der Waals surface area contributed by atoms with Gasteiger partial charge >= 0.3 is 0 Å². The number of nitrogens with one attached hydrogen (secondary N) is 3. The van der Waals surface area contributed by atoms with Gasteiger partial charge in [0.25, 0.3) is 0 Å². The average molecular weight is 375 g/mol. The normalized spacial score (nSPS) is 12.0. The van der Waals surface area contributed by atoms with Gasteiger partial charge in [-0.05, 0) is 31.5 Å². The molecule has 7 heteroatoms. The van der Waals surface area contributed by atoms with Crippen molar-refractivity contribution in [2.45, 2.75) is 25.3 Å². The van der Waals surface area contributed by atoms with Gasteiger partial charge in [-0.2, -0.15) is 0 Å². The quantitative estimate of drug-likeness (QED) is 0.375. The zero-order valence-electron chi connectivity index (χ0n) is 15.2. The first-order chi connectivity index (χ1) is 12.5. The van der Waals surface area contributed by atoms with Gasteiger partial charge in [0, 0.05) is 19.6 Å². The van der Waals surface area contributed by atoms with Gasteiger partial charge in [-0.15, -0.1) is 0 Å². The lowest BCUT2D eigenvalue weighted by atomic mass is 10.2. The van der Waals surface area contributed by atoms with Crippen LogP contribution in [0.1, 0.15) is 18.1 Å². The van der Waals surface area contributed by atoms with Gasteiger partial charge in [0.15, 0.2) is 5.96 Å². The van der Waals surface area contributed by atoms with E-state index < -0.39 is 10.0 Å². The highest BCUT2D eigenvalue weighted by Crippen LogP contribution is 2.09. The van der Waals surface area contributed by atoms with Gasteiger partial charge in [-0.1, -0.05) is 48.0 Å². The molecular formula is C19H26N4O2S. The molecule has 2 aromatic carbocycles. The molecule has 0 heterocycles. The predicted molar refractivity (Wildman–Crippen MR) is 106 cm³/mol.